The molecule has 4 rings (SSSR count). The first kappa shape index (κ1) is 31.3. The molecule has 0 spiro atoms. The first-order chi connectivity index (χ1) is 20.1. The van der Waals surface area contributed by atoms with Crippen LogP contribution in [0.3, 0.4) is 0 Å². The van der Waals surface area contributed by atoms with Crippen molar-refractivity contribution in [2.45, 2.75) is 38.8 Å². The van der Waals surface area contributed by atoms with Crippen LogP contribution in [0.1, 0.15) is 70.7 Å². The van der Waals surface area contributed by atoms with Crippen molar-refractivity contribution in [2.75, 3.05) is 0 Å². The minimum Gasteiger partial charge on any atom is -0.350 e. The van der Waals surface area contributed by atoms with Crippen molar-refractivity contribution < 1.29 is 19.2 Å². The van der Waals surface area contributed by atoms with Crippen LogP contribution in [-0.4, -0.2) is 24.4 Å². The molecule has 42 heavy (non-hydrogen) atoms. The maximum atomic E-state index is 12.2. The Hall–Kier alpha value is -5.28. The minimum atomic E-state index is -0.543. The van der Waals surface area contributed by atoms with Crippen molar-refractivity contribution in [1.82, 2.24) is 10.6 Å². The first-order valence-corrected chi connectivity index (χ1v) is 13.4. The van der Waals surface area contributed by atoms with Crippen molar-refractivity contribution in [2.24, 2.45) is 0 Å². The highest BCUT2D eigenvalue weighted by atomic mass is 16.2. The Balaban J connectivity index is 0.000000231. The van der Waals surface area contributed by atoms with Gasteiger partial charge in [-0.05, 0) is 63.1 Å². The molecule has 0 aliphatic carbocycles. The molecule has 4 aromatic rings. The predicted molar refractivity (Wildman–Crippen MR) is 165 cm³/mol. The second kappa shape index (κ2) is 14.4. The van der Waals surface area contributed by atoms with Gasteiger partial charge in [0.05, 0.1) is 11.1 Å². The van der Waals surface area contributed by atoms with Gasteiger partial charge in [-0.15, -0.1) is 0 Å². The highest BCUT2D eigenvalue weighted by Gasteiger charge is 2.22. The monoisotopic (exact) mass is 558 g/mol. The van der Waals surface area contributed by atoms with Crippen molar-refractivity contribution in [3.05, 3.63) is 143 Å². The molecule has 2 amide bonds. The van der Waals surface area contributed by atoms with Crippen LogP contribution in [0.2, 0.25) is 0 Å². The van der Waals surface area contributed by atoms with Crippen molar-refractivity contribution in [1.29, 1.82) is 0 Å². The maximum Gasteiger partial charge on any atom is 0.233 e. The normalized spacial score (nSPS) is 10.6. The second-order valence-electron chi connectivity index (χ2n) is 10.6. The molecule has 0 saturated heterocycles. The maximum absolute atomic E-state index is 12.2. The van der Waals surface area contributed by atoms with Crippen molar-refractivity contribution >= 4 is 24.4 Å². The number of amides is 2. The largest absolute Gasteiger partial charge is 0.350 e. The summed E-state index contributed by atoms with van der Waals surface area (Å²) in [5.41, 5.74) is 3.66. The van der Waals surface area contributed by atoms with Gasteiger partial charge >= 0.3 is 0 Å². The van der Waals surface area contributed by atoms with Gasteiger partial charge in [-0.1, -0.05) is 96.8 Å². The molecule has 0 atom stereocenters. The molecule has 0 heterocycles. The van der Waals surface area contributed by atoms with Gasteiger partial charge in [-0.3, -0.25) is 19.2 Å². The average Bonchev–Trinajstić information content (AvgIpc) is 3.01. The summed E-state index contributed by atoms with van der Waals surface area (Å²) in [5, 5.41) is 5.50. The molecule has 6 nitrogen and oxygen atoms in total. The third-order valence-electron chi connectivity index (χ3n) is 6.68. The molecule has 212 valence electrons. The molecule has 0 aliphatic heterocycles. The van der Waals surface area contributed by atoms with Crippen LogP contribution in [0.25, 0.3) is 0 Å². The zero-order chi connectivity index (χ0) is 30.6. The lowest BCUT2D eigenvalue weighted by Gasteiger charge is -2.24. The Morgan fingerprint density at radius 2 is 0.881 bits per heavy atom. The standard InChI is InChI=1S/C18H17NO3.C18H17NO/c1-18(2,19-12-20)15-10-8-14(9-11-15)17(22)16(21)13-6-4-3-5-7-13;1-18(2,19-14-20)17-12-10-16(11-13-17)9-8-15-6-4-3-5-7-15/h3-12H,1-2H3,(H,19,20);3-7,10-14H,1-2H3,(H,19,20). The summed E-state index contributed by atoms with van der Waals surface area (Å²) < 4.78 is 0. The number of rotatable bonds is 9. The Labute approximate surface area is 247 Å². The van der Waals surface area contributed by atoms with Gasteiger partial charge in [0.2, 0.25) is 24.4 Å². The van der Waals surface area contributed by atoms with Crippen LogP contribution in [0.5, 0.6) is 0 Å². The summed E-state index contributed by atoms with van der Waals surface area (Å²) >= 11 is 0. The summed E-state index contributed by atoms with van der Waals surface area (Å²) in [4.78, 5) is 45.5. The lowest BCUT2D eigenvalue weighted by atomic mass is 9.92. The molecule has 0 fully saturated rings. The highest BCUT2D eigenvalue weighted by molar-refractivity contribution is 6.49. The zero-order valence-electron chi connectivity index (χ0n) is 24.2. The number of carbonyl (C=O) groups is 4. The highest BCUT2D eigenvalue weighted by Crippen LogP contribution is 2.21. The first-order valence-electron chi connectivity index (χ1n) is 13.4. The predicted octanol–water partition coefficient (Wildman–Crippen LogP) is 5.80. The van der Waals surface area contributed by atoms with E-state index in [1.807, 2.05) is 82.3 Å². The van der Waals surface area contributed by atoms with E-state index >= 15 is 0 Å². The van der Waals surface area contributed by atoms with Gasteiger partial charge in [-0.2, -0.15) is 0 Å². The van der Waals surface area contributed by atoms with Crippen molar-refractivity contribution in [3.8, 4) is 11.8 Å². The van der Waals surface area contributed by atoms with E-state index in [1.54, 1.807) is 54.6 Å². The molecule has 4 aromatic carbocycles. The number of nitrogens with one attached hydrogen (secondary N) is 2. The SMILES string of the molecule is CC(C)(NC=O)c1ccc(C#Cc2ccccc2)cc1.CC(C)(NC=O)c1ccc(C(=O)C(=O)c2ccccc2)cc1. The van der Waals surface area contributed by atoms with Gasteiger partial charge in [0, 0.05) is 22.3 Å². The van der Waals surface area contributed by atoms with E-state index in [9.17, 15) is 19.2 Å². The fourth-order valence-corrected chi connectivity index (χ4v) is 3.99. The zero-order valence-corrected chi connectivity index (χ0v) is 24.2. The Kier molecular flexibility index (Phi) is 10.7. The van der Waals surface area contributed by atoms with E-state index < -0.39 is 17.1 Å². The molecule has 0 aromatic heterocycles. The van der Waals surface area contributed by atoms with Gasteiger partial charge in [0.1, 0.15) is 0 Å². The Morgan fingerprint density at radius 3 is 1.31 bits per heavy atom. The minimum absolute atomic E-state index is 0.333. The quantitative estimate of drug-likeness (QED) is 0.118. The molecule has 0 aliphatic rings. The number of Topliss-reactive ketones (excluding diaryl/α,β-unsaturated/α-hetero) is 2. The smallest absolute Gasteiger partial charge is 0.233 e. The summed E-state index contributed by atoms with van der Waals surface area (Å²) in [6.45, 7) is 7.64. The molecular formula is C36H34N2O4. The van der Waals surface area contributed by atoms with Crippen LogP contribution in [0.15, 0.2) is 109 Å². The van der Waals surface area contributed by atoms with Crippen LogP contribution in [0.4, 0.5) is 0 Å². The molecule has 6 heteroatoms. The fraction of sp³-hybridized carbons (Fsp3) is 0.167. The Morgan fingerprint density at radius 1 is 0.524 bits per heavy atom. The molecular weight excluding hydrogens is 524 g/mol. The van der Waals surface area contributed by atoms with Crippen molar-refractivity contribution in [3.63, 3.8) is 0 Å². The van der Waals surface area contributed by atoms with Gasteiger partial charge in [-0.25, -0.2) is 0 Å². The van der Waals surface area contributed by atoms with Crippen LogP contribution < -0.4 is 10.6 Å². The second-order valence-corrected chi connectivity index (χ2v) is 10.6. The topological polar surface area (TPSA) is 92.3 Å². The van der Waals surface area contributed by atoms with Crippen LogP contribution in [-0.2, 0) is 20.7 Å². The third-order valence-corrected chi connectivity index (χ3v) is 6.68. The molecule has 0 bridgehead atoms. The number of carbonyl (C=O) groups excluding carboxylic acids is 4. The van der Waals surface area contributed by atoms with Crippen LogP contribution in [0, 0.1) is 11.8 Å². The van der Waals surface area contributed by atoms with E-state index in [2.05, 4.69) is 22.5 Å². The summed E-state index contributed by atoms with van der Waals surface area (Å²) in [5.74, 6) is 5.18. The summed E-state index contributed by atoms with van der Waals surface area (Å²) in [7, 11) is 0. The Bertz CT molecular complexity index is 1560. The summed E-state index contributed by atoms with van der Waals surface area (Å²) in [6, 6.07) is 33.0. The average molecular weight is 559 g/mol. The van der Waals surface area contributed by atoms with E-state index in [4.69, 9.17) is 0 Å². The number of hydrogen-bond donors (Lipinski definition) is 2. The van der Waals surface area contributed by atoms with E-state index in [1.165, 1.54) is 0 Å². The van der Waals surface area contributed by atoms with Gasteiger partial charge < -0.3 is 10.6 Å². The molecule has 0 saturated carbocycles. The number of ketones is 2. The lowest BCUT2D eigenvalue weighted by Crippen LogP contribution is -2.35. The number of hydrogen-bond acceptors (Lipinski definition) is 4. The third kappa shape index (κ3) is 8.61. The van der Waals surface area contributed by atoms with E-state index in [0.29, 0.717) is 17.5 Å². The lowest BCUT2D eigenvalue weighted by molar-refractivity contribution is -0.111. The van der Waals surface area contributed by atoms with Gasteiger partial charge in [0.15, 0.2) is 0 Å². The molecule has 0 unspecified atom stereocenters. The van der Waals surface area contributed by atoms with Crippen LogP contribution >= 0.6 is 0 Å². The fourth-order valence-electron chi connectivity index (χ4n) is 3.99. The molecule has 0 radical (unpaired) electrons. The van der Waals surface area contributed by atoms with E-state index in [0.717, 1.165) is 28.7 Å². The van der Waals surface area contributed by atoms with E-state index in [-0.39, 0.29) is 5.54 Å². The summed E-state index contributed by atoms with van der Waals surface area (Å²) in [6.07, 6.45) is 1.36. The molecule has 2 N–H and O–H groups in total. The van der Waals surface area contributed by atoms with Gasteiger partial charge in [0.25, 0.3) is 0 Å². The number of benzene rings is 4.